The van der Waals surface area contributed by atoms with E-state index in [1.165, 1.54) is 0 Å². The maximum Gasteiger partial charge on any atom is 0.125 e. The van der Waals surface area contributed by atoms with Crippen LogP contribution in [0.25, 0.3) is 0 Å². The third-order valence-electron chi connectivity index (χ3n) is 2.53. The quantitative estimate of drug-likeness (QED) is 0.845. The number of hydrogen-bond donors (Lipinski definition) is 2. The van der Waals surface area contributed by atoms with Crippen molar-refractivity contribution in [2.24, 2.45) is 11.1 Å². The fourth-order valence-corrected chi connectivity index (χ4v) is 1.71. The summed E-state index contributed by atoms with van der Waals surface area (Å²) < 4.78 is 1.00. The number of hydrogen-bond acceptors (Lipinski definition) is 3. The van der Waals surface area contributed by atoms with Crippen LogP contribution in [0.1, 0.15) is 26.7 Å². The summed E-state index contributed by atoms with van der Waals surface area (Å²) in [6, 6.07) is 3.96. The molecule has 0 saturated heterocycles. The summed E-state index contributed by atoms with van der Waals surface area (Å²) in [5.74, 6) is 0.920. The molecule has 0 saturated carbocycles. The molecule has 90 valence electrons. The summed E-state index contributed by atoms with van der Waals surface area (Å²) in [5, 5.41) is 3.35. The van der Waals surface area contributed by atoms with Crippen molar-refractivity contribution in [3.8, 4) is 0 Å². The Morgan fingerprint density at radius 1 is 1.44 bits per heavy atom. The van der Waals surface area contributed by atoms with Gasteiger partial charge in [-0.25, -0.2) is 4.98 Å². The minimum absolute atomic E-state index is 0.258. The Hall–Kier alpha value is -0.610. The Balaban J connectivity index is 2.41. The summed E-state index contributed by atoms with van der Waals surface area (Å²) in [7, 11) is 0. The standard InChI is InChI=1S/C12H20BrN3/c1-12(2,6-3-7-14)9-16-11-5-4-10(13)8-15-11/h4-5,8H,3,6-7,9,14H2,1-2H3,(H,15,16). The molecule has 1 aromatic heterocycles. The molecule has 0 aliphatic rings. The molecule has 0 fully saturated rings. The molecule has 0 unspecified atom stereocenters. The van der Waals surface area contributed by atoms with Crippen LogP contribution in [-0.2, 0) is 0 Å². The first-order valence-corrected chi connectivity index (χ1v) is 6.38. The van der Waals surface area contributed by atoms with Gasteiger partial charge in [0.1, 0.15) is 5.82 Å². The second kappa shape index (κ2) is 6.21. The van der Waals surface area contributed by atoms with Crippen molar-refractivity contribution in [2.45, 2.75) is 26.7 Å². The van der Waals surface area contributed by atoms with Crippen LogP contribution in [0.15, 0.2) is 22.8 Å². The van der Waals surface area contributed by atoms with Crippen LogP contribution in [-0.4, -0.2) is 18.1 Å². The molecule has 16 heavy (non-hydrogen) atoms. The fourth-order valence-electron chi connectivity index (χ4n) is 1.48. The molecule has 0 bridgehead atoms. The van der Waals surface area contributed by atoms with Crippen LogP contribution in [0.5, 0.6) is 0 Å². The maximum atomic E-state index is 5.52. The molecule has 3 N–H and O–H groups in total. The van der Waals surface area contributed by atoms with E-state index in [1.54, 1.807) is 6.20 Å². The first kappa shape index (κ1) is 13.5. The van der Waals surface area contributed by atoms with Crippen molar-refractivity contribution >= 4 is 21.7 Å². The Kier molecular flexibility index (Phi) is 5.22. The molecule has 4 heteroatoms. The number of pyridine rings is 1. The van der Waals surface area contributed by atoms with Gasteiger partial charge in [0.15, 0.2) is 0 Å². The van der Waals surface area contributed by atoms with Gasteiger partial charge in [0.25, 0.3) is 0 Å². The second-order valence-corrected chi connectivity index (χ2v) is 5.69. The van der Waals surface area contributed by atoms with E-state index in [1.807, 2.05) is 12.1 Å². The van der Waals surface area contributed by atoms with Crippen molar-refractivity contribution < 1.29 is 0 Å². The van der Waals surface area contributed by atoms with Crippen LogP contribution < -0.4 is 11.1 Å². The average molecular weight is 286 g/mol. The van der Waals surface area contributed by atoms with Crippen molar-refractivity contribution in [3.05, 3.63) is 22.8 Å². The van der Waals surface area contributed by atoms with Gasteiger partial charge in [-0.3, -0.25) is 0 Å². The normalized spacial score (nSPS) is 11.5. The van der Waals surface area contributed by atoms with Crippen molar-refractivity contribution in [3.63, 3.8) is 0 Å². The lowest BCUT2D eigenvalue weighted by Crippen LogP contribution is -2.24. The Labute approximate surface area is 106 Å². The van der Waals surface area contributed by atoms with Crippen LogP contribution in [0, 0.1) is 5.41 Å². The minimum Gasteiger partial charge on any atom is -0.370 e. The molecule has 1 heterocycles. The van der Waals surface area contributed by atoms with Crippen molar-refractivity contribution in [1.82, 2.24) is 4.98 Å². The lowest BCUT2D eigenvalue weighted by molar-refractivity contribution is 0.350. The van der Waals surface area contributed by atoms with Gasteiger partial charge in [0, 0.05) is 17.2 Å². The number of aromatic nitrogens is 1. The van der Waals surface area contributed by atoms with Gasteiger partial charge in [0.2, 0.25) is 0 Å². The molecule has 1 aromatic rings. The topological polar surface area (TPSA) is 50.9 Å². The number of nitrogens with one attached hydrogen (secondary N) is 1. The van der Waals surface area contributed by atoms with Crippen LogP contribution in [0.3, 0.4) is 0 Å². The van der Waals surface area contributed by atoms with Crippen molar-refractivity contribution in [1.29, 1.82) is 0 Å². The van der Waals surface area contributed by atoms with Gasteiger partial charge in [-0.05, 0) is 52.9 Å². The lowest BCUT2D eigenvalue weighted by Gasteiger charge is -2.25. The van der Waals surface area contributed by atoms with Gasteiger partial charge in [-0.1, -0.05) is 13.8 Å². The number of nitrogens with zero attached hydrogens (tertiary/aromatic N) is 1. The summed E-state index contributed by atoms with van der Waals surface area (Å²) in [6.07, 6.45) is 4.00. The SMILES string of the molecule is CC(C)(CCCN)CNc1ccc(Br)cn1. The van der Waals surface area contributed by atoms with E-state index in [9.17, 15) is 0 Å². The Morgan fingerprint density at radius 2 is 2.19 bits per heavy atom. The molecule has 0 aliphatic heterocycles. The van der Waals surface area contributed by atoms with Crippen LogP contribution in [0.2, 0.25) is 0 Å². The van der Waals surface area contributed by atoms with Crippen LogP contribution in [0.4, 0.5) is 5.82 Å². The molecule has 3 nitrogen and oxygen atoms in total. The molecule has 0 radical (unpaired) electrons. The molecule has 0 aromatic carbocycles. The average Bonchev–Trinajstić information content (AvgIpc) is 2.26. The molecule has 0 atom stereocenters. The van der Waals surface area contributed by atoms with E-state index in [2.05, 4.69) is 40.1 Å². The highest BCUT2D eigenvalue weighted by Gasteiger charge is 2.16. The van der Waals surface area contributed by atoms with E-state index >= 15 is 0 Å². The Morgan fingerprint density at radius 3 is 2.75 bits per heavy atom. The predicted molar refractivity (Wildman–Crippen MR) is 72.5 cm³/mol. The Bertz CT molecular complexity index is 309. The predicted octanol–water partition coefficient (Wildman–Crippen LogP) is 3.02. The maximum absolute atomic E-state index is 5.52. The molecular formula is C12H20BrN3. The summed E-state index contributed by atoms with van der Waals surface area (Å²) in [5.41, 5.74) is 5.78. The van der Waals surface area contributed by atoms with Gasteiger partial charge >= 0.3 is 0 Å². The number of halogens is 1. The highest BCUT2D eigenvalue weighted by atomic mass is 79.9. The third kappa shape index (κ3) is 4.94. The van der Waals surface area contributed by atoms with Gasteiger partial charge in [-0.2, -0.15) is 0 Å². The first-order valence-electron chi connectivity index (χ1n) is 5.59. The number of anilines is 1. The zero-order chi connectivity index (χ0) is 12.0. The van der Waals surface area contributed by atoms with Crippen molar-refractivity contribution in [2.75, 3.05) is 18.4 Å². The first-order chi connectivity index (χ1) is 7.53. The minimum atomic E-state index is 0.258. The number of rotatable bonds is 6. The van der Waals surface area contributed by atoms with E-state index in [0.717, 1.165) is 36.2 Å². The second-order valence-electron chi connectivity index (χ2n) is 4.77. The van der Waals surface area contributed by atoms with Gasteiger partial charge in [-0.15, -0.1) is 0 Å². The fraction of sp³-hybridized carbons (Fsp3) is 0.583. The third-order valence-corrected chi connectivity index (χ3v) is 3.00. The highest BCUT2D eigenvalue weighted by Crippen LogP contribution is 2.22. The highest BCUT2D eigenvalue weighted by molar-refractivity contribution is 9.10. The van der Waals surface area contributed by atoms with Crippen LogP contribution >= 0.6 is 15.9 Å². The summed E-state index contributed by atoms with van der Waals surface area (Å²) in [6.45, 7) is 6.17. The van der Waals surface area contributed by atoms with Gasteiger partial charge in [0.05, 0.1) is 0 Å². The zero-order valence-corrected chi connectivity index (χ0v) is 11.5. The smallest absolute Gasteiger partial charge is 0.125 e. The van der Waals surface area contributed by atoms with E-state index in [0.29, 0.717) is 0 Å². The van der Waals surface area contributed by atoms with E-state index in [-0.39, 0.29) is 5.41 Å². The monoisotopic (exact) mass is 285 g/mol. The number of nitrogens with two attached hydrogens (primary N) is 1. The summed E-state index contributed by atoms with van der Waals surface area (Å²) >= 11 is 3.37. The molecule has 0 aliphatic carbocycles. The summed E-state index contributed by atoms with van der Waals surface area (Å²) in [4.78, 5) is 4.28. The molecular weight excluding hydrogens is 266 g/mol. The lowest BCUT2D eigenvalue weighted by atomic mass is 9.88. The van der Waals surface area contributed by atoms with Gasteiger partial charge < -0.3 is 11.1 Å². The van der Waals surface area contributed by atoms with E-state index < -0.39 is 0 Å². The molecule has 1 rings (SSSR count). The largest absolute Gasteiger partial charge is 0.370 e. The molecule has 0 amide bonds. The van der Waals surface area contributed by atoms with E-state index in [4.69, 9.17) is 5.73 Å². The molecule has 0 spiro atoms. The zero-order valence-electron chi connectivity index (χ0n) is 9.96.